The molecule has 1 aliphatic heterocycles. The van der Waals surface area contributed by atoms with Crippen molar-refractivity contribution in [1.82, 2.24) is 20.2 Å². The first-order valence-electron chi connectivity index (χ1n) is 9.86. The van der Waals surface area contributed by atoms with E-state index in [1.807, 2.05) is 18.4 Å². The fraction of sp³-hybridized carbons (Fsp3) is 0.476. The van der Waals surface area contributed by atoms with Crippen LogP contribution in [0.1, 0.15) is 59.1 Å². The number of hydrogen-bond acceptors (Lipinski definition) is 3. The molecule has 0 bridgehead atoms. The molecule has 0 radical (unpaired) electrons. The third kappa shape index (κ3) is 4.58. The van der Waals surface area contributed by atoms with Gasteiger partial charge in [-0.25, -0.2) is 9.37 Å². The minimum atomic E-state index is -0.315. The predicted molar refractivity (Wildman–Crippen MR) is 105 cm³/mol. The zero-order valence-electron chi connectivity index (χ0n) is 16.4. The Kier molecular flexibility index (Phi) is 6.44. The Bertz CT molecular complexity index is 860. The van der Waals surface area contributed by atoms with Gasteiger partial charge in [0.2, 0.25) is 0 Å². The van der Waals surface area contributed by atoms with Gasteiger partial charge in [0.05, 0.1) is 5.69 Å². The smallest absolute Gasteiger partial charge is 0.287 e. The van der Waals surface area contributed by atoms with E-state index < -0.39 is 0 Å². The van der Waals surface area contributed by atoms with E-state index >= 15 is 0 Å². The van der Waals surface area contributed by atoms with Gasteiger partial charge in [-0.1, -0.05) is 32.0 Å². The summed E-state index contributed by atoms with van der Waals surface area (Å²) in [6, 6.07) is 6.52. The lowest BCUT2D eigenvalue weighted by molar-refractivity contribution is 0.0933. The lowest BCUT2D eigenvalue weighted by Gasteiger charge is -2.17. The molecule has 2 aromatic rings. The molecule has 2 amide bonds. The first-order chi connectivity index (χ1) is 13.5. The maximum absolute atomic E-state index is 13.7. The summed E-state index contributed by atoms with van der Waals surface area (Å²) in [4.78, 5) is 29.6. The number of nitrogens with zero attached hydrogens (tertiary/aromatic N) is 2. The molecule has 7 heteroatoms. The number of halogens is 1. The number of aromatic nitrogens is 2. The maximum Gasteiger partial charge on any atom is 0.287 e. The summed E-state index contributed by atoms with van der Waals surface area (Å²) < 4.78 is 15.6. The van der Waals surface area contributed by atoms with Gasteiger partial charge in [0.1, 0.15) is 11.5 Å². The molecule has 1 aliphatic rings. The van der Waals surface area contributed by atoms with Crippen molar-refractivity contribution >= 4 is 11.8 Å². The molecule has 0 saturated carbocycles. The van der Waals surface area contributed by atoms with Gasteiger partial charge in [0.25, 0.3) is 11.8 Å². The second-order valence-electron chi connectivity index (χ2n) is 7.54. The zero-order chi connectivity index (χ0) is 20.1. The number of amides is 2. The molecular formula is C21H27FN4O2. The van der Waals surface area contributed by atoms with Gasteiger partial charge in [-0.05, 0) is 43.2 Å². The van der Waals surface area contributed by atoms with Gasteiger partial charge in [-0.2, -0.15) is 0 Å². The molecule has 3 rings (SSSR count). The molecule has 0 saturated heterocycles. The highest BCUT2D eigenvalue weighted by Gasteiger charge is 2.27. The van der Waals surface area contributed by atoms with Gasteiger partial charge in [-0.15, -0.1) is 0 Å². The summed E-state index contributed by atoms with van der Waals surface area (Å²) in [7, 11) is 0. The Balaban J connectivity index is 1.71. The number of nitrogens with one attached hydrogen (secondary N) is 2. The highest BCUT2D eigenvalue weighted by atomic mass is 19.1. The largest absolute Gasteiger partial charge is 0.350 e. The van der Waals surface area contributed by atoms with Crippen LogP contribution in [0.4, 0.5) is 4.39 Å². The topological polar surface area (TPSA) is 76.0 Å². The Hall–Kier alpha value is -2.70. The van der Waals surface area contributed by atoms with Gasteiger partial charge in [-0.3, -0.25) is 9.59 Å². The maximum atomic E-state index is 13.7. The van der Waals surface area contributed by atoms with Crippen LogP contribution in [0.15, 0.2) is 24.3 Å². The highest BCUT2D eigenvalue weighted by molar-refractivity contribution is 5.97. The van der Waals surface area contributed by atoms with Gasteiger partial charge in [0, 0.05) is 19.6 Å². The van der Waals surface area contributed by atoms with E-state index in [2.05, 4.69) is 15.6 Å². The van der Waals surface area contributed by atoms with Crippen LogP contribution in [0.3, 0.4) is 0 Å². The highest BCUT2D eigenvalue weighted by Crippen LogP contribution is 2.21. The quantitative estimate of drug-likeness (QED) is 0.768. The van der Waals surface area contributed by atoms with E-state index in [0.29, 0.717) is 49.1 Å². The number of carbonyl (C=O) groups excluding carboxylic acids is 2. The van der Waals surface area contributed by atoms with Crippen molar-refractivity contribution in [1.29, 1.82) is 0 Å². The van der Waals surface area contributed by atoms with E-state index in [0.717, 1.165) is 25.0 Å². The molecule has 2 heterocycles. The van der Waals surface area contributed by atoms with Crippen molar-refractivity contribution < 1.29 is 14.0 Å². The number of fused-ring (bicyclic) bond motifs is 1. The molecule has 6 nitrogen and oxygen atoms in total. The van der Waals surface area contributed by atoms with Crippen LogP contribution >= 0.6 is 0 Å². The zero-order valence-corrected chi connectivity index (χ0v) is 16.4. The van der Waals surface area contributed by atoms with Crippen molar-refractivity contribution in [3.05, 3.63) is 52.9 Å². The first-order valence-corrected chi connectivity index (χ1v) is 9.86. The second-order valence-corrected chi connectivity index (χ2v) is 7.54. The van der Waals surface area contributed by atoms with E-state index in [-0.39, 0.29) is 17.6 Å². The van der Waals surface area contributed by atoms with Crippen molar-refractivity contribution in [2.45, 2.75) is 46.1 Å². The average Bonchev–Trinajstić information content (AvgIpc) is 3.07. The van der Waals surface area contributed by atoms with Crippen LogP contribution in [-0.2, 0) is 19.4 Å². The Morgan fingerprint density at radius 3 is 2.71 bits per heavy atom. The number of imidazole rings is 1. The molecule has 0 unspecified atom stereocenters. The second kappa shape index (κ2) is 8.99. The van der Waals surface area contributed by atoms with E-state index in [1.54, 1.807) is 18.2 Å². The Labute approximate surface area is 164 Å². The lowest BCUT2D eigenvalue weighted by atomic mass is 10.1. The minimum Gasteiger partial charge on any atom is -0.350 e. The number of rotatable bonds is 7. The molecule has 28 heavy (non-hydrogen) atoms. The number of carbonyl (C=O) groups is 2. The minimum absolute atomic E-state index is 0.248. The summed E-state index contributed by atoms with van der Waals surface area (Å²) >= 11 is 0. The lowest BCUT2D eigenvalue weighted by Crippen LogP contribution is -2.30. The van der Waals surface area contributed by atoms with E-state index in [9.17, 15) is 14.0 Å². The SMILES string of the molecule is CC(C)CNC(=O)c1nc(C(=O)NCCc2ccccc2F)c2n1CCCC2. The summed E-state index contributed by atoms with van der Waals surface area (Å²) in [6.45, 7) is 5.60. The summed E-state index contributed by atoms with van der Waals surface area (Å²) in [5, 5.41) is 5.69. The predicted octanol–water partition coefficient (Wildman–Crippen LogP) is 2.72. The average molecular weight is 386 g/mol. The Morgan fingerprint density at radius 2 is 1.96 bits per heavy atom. The summed E-state index contributed by atoms with van der Waals surface area (Å²) in [5.74, 6) is -0.206. The van der Waals surface area contributed by atoms with Crippen LogP contribution in [0.25, 0.3) is 0 Å². The monoisotopic (exact) mass is 386 g/mol. The number of hydrogen-bond donors (Lipinski definition) is 2. The van der Waals surface area contributed by atoms with Crippen LogP contribution in [0.2, 0.25) is 0 Å². The number of benzene rings is 1. The summed E-state index contributed by atoms with van der Waals surface area (Å²) in [6.07, 6.45) is 3.05. The van der Waals surface area contributed by atoms with Crippen molar-refractivity contribution in [2.75, 3.05) is 13.1 Å². The third-order valence-corrected chi connectivity index (χ3v) is 4.84. The molecule has 0 aliphatic carbocycles. The van der Waals surface area contributed by atoms with E-state index in [4.69, 9.17) is 0 Å². The Morgan fingerprint density at radius 1 is 1.18 bits per heavy atom. The first kappa shape index (κ1) is 20.0. The van der Waals surface area contributed by atoms with Gasteiger partial charge in [0.15, 0.2) is 5.82 Å². The van der Waals surface area contributed by atoms with Crippen LogP contribution in [0.5, 0.6) is 0 Å². The molecule has 0 spiro atoms. The molecular weight excluding hydrogens is 359 g/mol. The third-order valence-electron chi connectivity index (χ3n) is 4.84. The fourth-order valence-electron chi connectivity index (χ4n) is 3.37. The van der Waals surface area contributed by atoms with Crippen molar-refractivity contribution in [2.24, 2.45) is 5.92 Å². The van der Waals surface area contributed by atoms with E-state index in [1.165, 1.54) is 6.07 Å². The normalized spacial score (nSPS) is 13.3. The van der Waals surface area contributed by atoms with Crippen LogP contribution < -0.4 is 10.6 Å². The molecule has 0 atom stereocenters. The molecule has 1 aromatic heterocycles. The molecule has 2 N–H and O–H groups in total. The van der Waals surface area contributed by atoms with Gasteiger partial charge >= 0.3 is 0 Å². The molecule has 0 fully saturated rings. The van der Waals surface area contributed by atoms with Crippen molar-refractivity contribution in [3.63, 3.8) is 0 Å². The van der Waals surface area contributed by atoms with Crippen LogP contribution in [0, 0.1) is 11.7 Å². The van der Waals surface area contributed by atoms with Crippen molar-refractivity contribution in [3.8, 4) is 0 Å². The van der Waals surface area contributed by atoms with Gasteiger partial charge < -0.3 is 15.2 Å². The molecule has 150 valence electrons. The fourth-order valence-corrected chi connectivity index (χ4v) is 3.37. The van der Waals surface area contributed by atoms with Crippen LogP contribution in [-0.4, -0.2) is 34.5 Å². The standard InChI is InChI=1S/C21H27FN4O2/c1-14(2)13-24-21(28)19-25-18(17-9-5-6-12-26(17)19)20(27)23-11-10-15-7-3-4-8-16(15)22/h3-4,7-8,14H,5-6,9-13H2,1-2H3,(H,23,27)(H,24,28). The summed E-state index contributed by atoms with van der Waals surface area (Å²) in [5.41, 5.74) is 1.68. The molecule has 1 aromatic carbocycles.